The zero-order valence-corrected chi connectivity index (χ0v) is 8.07. The Morgan fingerprint density at radius 2 is 2.14 bits per heavy atom. The van der Waals surface area contributed by atoms with Crippen molar-refractivity contribution < 1.29 is 9.53 Å². The molecule has 1 rings (SSSR count). The Labute approximate surface area is 83.9 Å². The lowest BCUT2D eigenvalue weighted by atomic mass is 10.2. The van der Waals surface area contributed by atoms with Crippen molar-refractivity contribution in [3.8, 4) is 11.8 Å². The average molecular weight is 188 g/mol. The average Bonchev–Trinajstić information content (AvgIpc) is 2.25. The van der Waals surface area contributed by atoms with Gasteiger partial charge in [0.05, 0.1) is 0 Å². The minimum Gasteiger partial charge on any atom is -0.358 e. The number of hydrogen-bond donors (Lipinski definition) is 0. The van der Waals surface area contributed by atoms with Crippen molar-refractivity contribution in [2.75, 3.05) is 6.61 Å². The largest absolute Gasteiger partial charge is 0.358 e. The van der Waals surface area contributed by atoms with Crippen molar-refractivity contribution in [2.24, 2.45) is 0 Å². The van der Waals surface area contributed by atoms with Crippen LogP contribution in [0, 0.1) is 11.8 Å². The monoisotopic (exact) mass is 188 g/mol. The molecule has 1 aromatic rings. The van der Waals surface area contributed by atoms with Crippen LogP contribution in [0.1, 0.15) is 12.5 Å². The summed E-state index contributed by atoms with van der Waals surface area (Å²) in [5, 5.41) is 0. The Bertz CT molecular complexity index is 332. The Balaban J connectivity index is 2.38. The van der Waals surface area contributed by atoms with Gasteiger partial charge in [0.1, 0.15) is 19.0 Å². The van der Waals surface area contributed by atoms with Crippen LogP contribution in [0.3, 0.4) is 0 Å². The highest BCUT2D eigenvalue weighted by atomic mass is 16.5. The summed E-state index contributed by atoms with van der Waals surface area (Å²) >= 11 is 0. The third kappa shape index (κ3) is 3.88. The van der Waals surface area contributed by atoms with Gasteiger partial charge in [-0.3, -0.25) is 0 Å². The topological polar surface area (TPSA) is 26.3 Å². The van der Waals surface area contributed by atoms with E-state index in [1.807, 2.05) is 30.3 Å². The fraction of sp³-hybridized carbons (Fsp3) is 0.250. The van der Waals surface area contributed by atoms with E-state index in [1.54, 1.807) is 6.92 Å². The number of ether oxygens (including phenoxy) is 1. The minimum absolute atomic E-state index is 0.287. The molecule has 0 fully saturated rings. The van der Waals surface area contributed by atoms with Gasteiger partial charge in [0.2, 0.25) is 0 Å². The molecule has 0 aliphatic carbocycles. The fourth-order valence-corrected chi connectivity index (χ4v) is 0.872. The van der Waals surface area contributed by atoms with E-state index in [9.17, 15) is 4.79 Å². The van der Waals surface area contributed by atoms with Crippen molar-refractivity contribution in [1.82, 2.24) is 0 Å². The van der Waals surface area contributed by atoms with Crippen LogP contribution in [-0.2, 0) is 9.53 Å². The molecular formula is C12H12O2. The van der Waals surface area contributed by atoms with Crippen LogP contribution in [-0.4, -0.2) is 19.0 Å². The maximum absolute atomic E-state index is 10.2. The first-order valence-electron chi connectivity index (χ1n) is 4.44. The first-order valence-corrected chi connectivity index (χ1v) is 4.44. The van der Waals surface area contributed by atoms with Crippen LogP contribution >= 0.6 is 0 Å². The standard InChI is InChI=1S/C12H12O2/c1-11(10-13)14-9-5-8-12-6-3-2-4-7-12/h2-4,6-7,10-11H,9H2,1H3/t11-/m0/s1. The van der Waals surface area contributed by atoms with Crippen molar-refractivity contribution in [3.05, 3.63) is 35.9 Å². The quantitative estimate of drug-likeness (QED) is 0.532. The normalized spacial score (nSPS) is 11.2. The molecule has 72 valence electrons. The zero-order valence-electron chi connectivity index (χ0n) is 8.07. The Hall–Kier alpha value is -1.59. The van der Waals surface area contributed by atoms with Crippen LogP contribution in [0.25, 0.3) is 0 Å². The van der Waals surface area contributed by atoms with E-state index < -0.39 is 0 Å². The van der Waals surface area contributed by atoms with Crippen molar-refractivity contribution >= 4 is 6.29 Å². The summed E-state index contributed by atoms with van der Waals surface area (Å²) in [5.74, 6) is 5.77. The molecule has 0 saturated carbocycles. The SMILES string of the molecule is C[C@@H](C=O)OCC#Cc1ccccc1. The Kier molecular flexibility index (Phi) is 4.46. The van der Waals surface area contributed by atoms with E-state index in [0.717, 1.165) is 11.8 Å². The van der Waals surface area contributed by atoms with Gasteiger partial charge in [0.25, 0.3) is 0 Å². The van der Waals surface area contributed by atoms with E-state index in [2.05, 4.69) is 11.8 Å². The van der Waals surface area contributed by atoms with Crippen LogP contribution in [0.2, 0.25) is 0 Å². The van der Waals surface area contributed by atoms with Crippen molar-refractivity contribution in [1.29, 1.82) is 0 Å². The molecule has 0 radical (unpaired) electrons. The van der Waals surface area contributed by atoms with Crippen LogP contribution in [0.4, 0.5) is 0 Å². The molecule has 0 unspecified atom stereocenters. The summed E-state index contributed by atoms with van der Waals surface area (Å²) in [5.41, 5.74) is 0.954. The number of rotatable bonds is 3. The maximum Gasteiger partial charge on any atom is 0.148 e. The zero-order chi connectivity index (χ0) is 10.2. The molecule has 0 N–H and O–H groups in total. The van der Waals surface area contributed by atoms with E-state index in [1.165, 1.54) is 0 Å². The predicted molar refractivity (Wildman–Crippen MR) is 54.8 cm³/mol. The molecule has 1 atom stereocenters. The summed E-state index contributed by atoms with van der Waals surface area (Å²) in [6.07, 6.45) is 0.379. The summed E-state index contributed by atoms with van der Waals surface area (Å²) in [6.45, 7) is 1.98. The number of aldehydes is 1. The minimum atomic E-state index is -0.375. The molecule has 0 amide bonds. The molecule has 0 heterocycles. The summed E-state index contributed by atoms with van der Waals surface area (Å²) in [6, 6.07) is 9.65. The van der Waals surface area contributed by atoms with E-state index >= 15 is 0 Å². The molecule has 2 heteroatoms. The molecule has 0 aliphatic rings. The lowest BCUT2D eigenvalue weighted by molar-refractivity contribution is -0.116. The lowest BCUT2D eigenvalue weighted by Crippen LogP contribution is -2.08. The second-order valence-corrected chi connectivity index (χ2v) is 2.82. The highest BCUT2D eigenvalue weighted by Gasteiger charge is 1.94. The van der Waals surface area contributed by atoms with Gasteiger partial charge in [-0.15, -0.1) is 0 Å². The molecule has 0 aliphatic heterocycles. The molecular weight excluding hydrogens is 176 g/mol. The first kappa shape index (κ1) is 10.5. The second kappa shape index (κ2) is 5.95. The van der Waals surface area contributed by atoms with Gasteiger partial charge >= 0.3 is 0 Å². The van der Waals surface area contributed by atoms with E-state index in [0.29, 0.717) is 0 Å². The highest BCUT2D eigenvalue weighted by molar-refractivity contribution is 5.55. The van der Waals surface area contributed by atoms with Gasteiger partial charge in [-0.1, -0.05) is 30.0 Å². The van der Waals surface area contributed by atoms with Gasteiger partial charge in [0, 0.05) is 5.56 Å². The lowest BCUT2D eigenvalue weighted by Gasteiger charge is -1.99. The third-order valence-electron chi connectivity index (χ3n) is 1.62. The predicted octanol–water partition coefficient (Wildman–Crippen LogP) is 1.64. The number of carbonyl (C=O) groups is 1. The summed E-state index contributed by atoms with van der Waals surface area (Å²) in [4.78, 5) is 10.2. The second-order valence-electron chi connectivity index (χ2n) is 2.82. The van der Waals surface area contributed by atoms with Gasteiger partial charge in [0.15, 0.2) is 0 Å². The van der Waals surface area contributed by atoms with Gasteiger partial charge in [-0.25, -0.2) is 0 Å². The molecule has 0 saturated heterocycles. The van der Waals surface area contributed by atoms with Crippen molar-refractivity contribution in [3.63, 3.8) is 0 Å². The number of carbonyl (C=O) groups excluding carboxylic acids is 1. The smallest absolute Gasteiger partial charge is 0.148 e. The Morgan fingerprint density at radius 3 is 2.79 bits per heavy atom. The number of benzene rings is 1. The van der Waals surface area contributed by atoms with Crippen LogP contribution < -0.4 is 0 Å². The third-order valence-corrected chi connectivity index (χ3v) is 1.62. The van der Waals surface area contributed by atoms with E-state index in [4.69, 9.17) is 4.74 Å². The van der Waals surface area contributed by atoms with E-state index in [-0.39, 0.29) is 12.7 Å². The maximum atomic E-state index is 10.2. The van der Waals surface area contributed by atoms with Gasteiger partial charge in [-0.2, -0.15) is 0 Å². The van der Waals surface area contributed by atoms with Gasteiger partial charge < -0.3 is 9.53 Å². The van der Waals surface area contributed by atoms with Crippen LogP contribution in [0.15, 0.2) is 30.3 Å². The molecule has 0 aromatic heterocycles. The summed E-state index contributed by atoms with van der Waals surface area (Å²) in [7, 11) is 0. The molecule has 1 aromatic carbocycles. The Morgan fingerprint density at radius 1 is 1.43 bits per heavy atom. The molecule has 0 bridgehead atoms. The van der Waals surface area contributed by atoms with Crippen molar-refractivity contribution in [2.45, 2.75) is 13.0 Å². The molecule has 2 nitrogen and oxygen atoms in total. The van der Waals surface area contributed by atoms with Crippen LogP contribution in [0.5, 0.6) is 0 Å². The first-order chi connectivity index (χ1) is 6.83. The highest BCUT2D eigenvalue weighted by Crippen LogP contribution is 1.94. The molecule has 14 heavy (non-hydrogen) atoms. The molecule has 0 spiro atoms. The summed E-state index contributed by atoms with van der Waals surface area (Å²) < 4.78 is 5.07. The number of hydrogen-bond acceptors (Lipinski definition) is 2. The van der Waals surface area contributed by atoms with Gasteiger partial charge in [-0.05, 0) is 19.1 Å². The fourth-order valence-electron chi connectivity index (χ4n) is 0.872.